The summed E-state index contributed by atoms with van der Waals surface area (Å²) >= 11 is 0. The lowest BCUT2D eigenvalue weighted by Gasteiger charge is -2.21. The molecule has 3 aliphatic rings. The number of nitrogens with two attached hydrogens (primary N) is 1. The number of piperidine rings is 1. The summed E-state index contributed by atoms with van der Waals surface area (Å²) in [5, 5.41) is 2.24. The maximum Gasteiger partial charge on any atom is 0.278 e. The Hall–Kier alpha value is -4.09. The number of quaternary nitrogens is 1. The molecule has 0 spiro atoms. The predicted octanol–water partition coefficient (Wildman–Crippen LogP) is 7.60. The van der Waals surface area contributed by atoms with E-state index in [1.165, 1.54) is 70.5 Å². The third kappa shape index (κ3) is 33.1. The standard InChI is InChI=1S/C16H23F2NO2.C6H11NO.C6H12.C6H6.3C2H2/c1-13(11-20-3)15(21-12-16(2,17)18)7-5-4-6-14-8-9-19-10-14;8-6-7-4-2-1-3-5-7;2*1-2-4-6-5-3-1;3*1-2/h4-7,19H,1,8-12H2,2-3H3;6H,1-5H2;1-6H2;1-6H;3*1-2H/p+1/b5-4-,14-6-,15-7+;;;;;;. The average molecular weight is 654 g/mol. The van der Waals surface area contributed by atoms with Crippen LogP contribution in [0.25, 0.3) is 0 Å². The minimum Gasteiger partial charge on any atom is -0.487 e. The highest BCUT2D eigenvalue weighted by Crippen LogP contribution is 2.18. The molecule has 2 aliphatic heterocycles. The first kappa shape index (κ1) is 47.3. The molecule has 1 aromatic rings. The van der Waals surface area contributed by atoms with Gasteiger partial charge in [0.05, 0.1) is 19.7 Å². The van der Waals surface area contributed by atoms with Crippen molar-refractivity contribution in [2.75, 3.05) is 46.5 Å². The van der Waals surface area contributed by atoms with Gasteiger partial charge in [-0.3, -0.25) is 4.79 Å². The maximum absolute atomic E-state index is 12.9. The zero-order valence-corrected chi connectivity index (χ0v) is 28.8. The topological polar surface area (TPSA) is 55.4 Å². The Morgan fingerprint density at radius 1 is 0.872 bits per heavy atom. The van der Waals surface area contributed by atoms with Gasteiger partial charge in [0.1, 0.15) is 5.76 Å². The molecule has 3 fully saturated rings. The molecule has 2 heterocycles. The Morgan fingerprint density at radius 2 is 1.34 bits per heavy atom. The Kier molecular flexibility index (Phi) is 36.6. The van der Waals surface area contributed by atoms with Gasteiger partial charge >= 0.3 is 0 Å². The van der Waals surface area contributed by atoms with Gasteiger partial charge < -0.3 is 19.7 Å². The van der Waals surface area contributed by atoms with E-state index >= 15 is 0 Å². The quantitative estimate of drug-likeness (QED) is 0.129. The van der Waals surface area contributed by atoms with Crippen LogP contribution in [-0.2, 0) is 14.3 Å². The number of carbonyl (C=O) groups is 1. The SMILES string of the molecule is C#C.C#C.C#C.C1CCCCC1.C=C(COC)\C(=C/C=C\C=C1\CC[NH2+]C1)OCC(C)(F)F.O=CN1CCCCC1.c1ccccc1. The number of likely N-dealkylation sites (tertiary alicyclic amines) is 1. The van der Waals surface area contributed by atoms with Crippen LogP contribution in [-0.4, -0.2) is 63.7 Å². The van der Waals surface area contributed by atoms with Crippen molar-refractivity contribution in [1.82, 2.24) is 4.90 Å². The number of ether oxygens (including phenoxy) is 2. The first-order chi connectivity index (χ1) is 22.9. The normalized spacial score (nSPS) is 16.1. The number of hydrogen-bond acceptors (Lipinski definition) is 3. The van der Waals surface area contributed by atoms with E-state index in [1.807, 2.05) is 53.5 Å². The second-order valence-electron chi connectivity index (χ2n) is 10.6. The minimum absolute atomic E-state index is 0.241. The van der Waals surface area contributed by atoms with Crippen molar-refractivity contribution in [2.45, 2.75) is 77.1 Å². The van der Waals surface area contributed by atoms with Crippen LogP contribution in [0.2, 0.25) is 0 Å². The number of allylic oxidation sites excluding steroid dienone is 4. The smallest absolute Gasteiger partial charge is 0.278 e. The van der Waals surface area contributed by atoms with Crippen molar-refractivity contribution in [2.24, 2.45) is 0 Å². The molecule has 2 N–H and O–H groups in total. The lowest BCUT2D eigenvalue weighted by atomic mass is 10.0. The van der Waals surface area contributed by atoms with E-state index in [4.69, 9.17) is 9.47 Å². The number of terminal acetylenes is 3. The molecule has 260 valence electrons. The van der Waals surface area contributed by atoms with E-state index in [0.717, 1.165) is 45.9 Å². The van der Waals surface area contributed by atoms with Crippen LogP contribution in [0.1, 0.15) is 71.1 Å². The molecule has 0 unspecified atom stereocenters. The van der Waals surface area contributed by atoms with Gasteiger partial charge in [0.2, 0.25) is 6.41 Å². The largest absolute Gasteiger partial charge is 0.487 e. The van der Waals surface area contributed by atoms with Crippen LogP contribution in [0, 0.1) is 38.5 Å². The first-order valence-electron chi connectivity index (χ1n) is 16.1. The molecule has 0 bridgehead atoms. The highest BCUT2D eigenvalue weighted by Gasteiger charge is 2.23. The molecular formula is C40H59F2N2O3+. The molecule has 47 heavy (non-hydrogen) atoms. The van der Waals surface area contributed by atoms with Crippen molar-refractivity contribution < 1.29 is 28.4 Å². The van der Waals surface area contributed by atoms with Crippen molar-refractivity contribution in [3.8, 4) is 38.5 Å². The molecular weight excluding hydrogens is 594 g/mol. The van der Waals surface area contributed by atoms with E-state index in [-0.39, 0.29) is 6.61 Å². The molecule has 1 aliphatic carbocycles. The maximum atomic E-state index is 12.9. The molecule has 1 saturated carbocycles. The van der Waals surface area contributed by atoms with Crippen LogP contribution >= 0.6 is 0 Å². The van der Waals surface area contributed by atoms with Gasteiger partial charge in [-0.1, -0.05) is 99.7 Å². The number of methoxy groups -OCH3 is 1. The number of benzene rings is 1. The van der Waals surface area contributed by atoms with Gasteiger partial charge in [-0.05, 0) is 30.9 Å². The van der Waals surface area contributed by atoms with Crippen LogP contribution in [0.4, 0.5) is 8.78 Å². The van der Waals surface area contributed by atoms with Gasteiger partial charge in [0.15, 0.2) is 6.61 Å². The van der Waals surface area contributed by atoms with Crippen molar-refractivity contribution in [3.05, 3.63) is 84.2 Å². The fourth-order valence-electron chi connectivity index (χ4n) is 4.35. The van der Waals surface area contributed by atoms with Gasteiger partial charge in [-0.25, -0.2) is 8.78 Å². The summed E-state index contributed by atoms with van der Waals surface area (Å²) in [7, 11) is 1.52. The Bertz CT molecular complexity index is 951. The summed E-state index contributed by atoms with van der Waals surface area (Å²) < 4.78 is 35.9. The summed E-state index contributed by atoms with van der Waals surface area (Å²) in [5.41, 5.74) is 1.91. The Balaban J connectivity index is -0.000000604. The number of hydrogen-bond donors (Lipinski definition) is 1. The van der Waals surface area contributed by atoms with Gasteiger partial charge in [0.25, 0.3) is 5.92 Å². The Morgan fingerprint density at radius 3 is 1.70 bits per heavy atom. The lowest BCUT2D eigenvalue weighted by Crippen LogP contribution is -2.80. The van der Waals surface area contributed by atoms with Gasteiger partial charge in [-0.2, -0.15) is 0 Å². The minimum atomic E-state index is -2.88. The second kappa shape index (κ2) is 36.4. The van der Waals surface area contributed by atoms with Crippen molar-refractivity contribution in [3.63, 3.8) is 0 Å². The van der Waals surface area contributed by atoms with Crippen LogP contribution in [0.3, 0.4) is 0 Å². The number of carbonyl (C=O) groups excluding carboxylic acids is 1. The van der Waals surface area contributed by atoms with E-state index in [0.29, 0.717) is 11.3 Å². The molecule has 1 amide bonds. The summed E-state index contributed by atoms with van der Waals surface area (Å²) in [6.07, 6.45) is 46.1. The molecule has 4 rings (SSSR count). The summed E-state index contributed by atoms with van der Waals surface area (Å²) in [6, 6.07) is 12.0. The molecule has 1 aromatic carbocycles. The van der Waals surface area contributed by atoms with E-state index in [1.54, 1.807) is 12.2 Å². The number of halogens is 2. The summed E-state index contributed by atoms with van der Waals surface area (Å²) in [4.78, 5) is 11.9. The zero-order chi connectivity index (χ0) is 36.0. The number of nitrogens with zero attached hydrogens (tertiary/aromatic N) is 1. The molecule has 0 atom stereocenters. The van der Waals surface area contributed by atoms with E-state index in [9.17, 15) is 13.6 Å². The first-order valence-corrected chi connectivity index (χ1v) is 16.1. The molecule has 7 heteroatoms. The number of rotatable bonds is 9. The fraction of sp³-hybridized carbons (Fsp3) is 0.475. The van der Waals surface area contributed by atoms with Crippen molar-refractivity contribution >= 4 is 6.41 Å². The monoisotopic (exact) mass is 653 g/mol. The lowest BCUT2D eigenvalue weighted by molar-refractivity contribution is -0.632. The van der Waals surface area contributed by atoms with Gasteiger partial charge in [0, 0.05) is 39.1 Å². The van der Waals surface area contributed by atoms with Crippen molar-refractivity contribution in [1.29, 1.82) is 0 Å². The zero-order valence-electron chi connectivity index (χ0n) is 28.8. The highest BCUT2D eigenvalue weighted by molar-refractivity contribution is 5.46. The molecule has 2 saturated heterocycles. The molecule has 5 nitrogen and oxygen atoms in total. The van der Waals surface area contributed by atoms with Crippen LogP contribution in [0.15, 0.2) is 84.2 Å². The second-order valence-corrected chi connectivity index (χ2v) is 10.6. The molecule has 0 radical (unpaired) electrons. The summed E-state index contributed by atoms with van der Waals surface area (Å²) in [5.74, 6) is -2.55. The molecule has 0 aromatic heterocycles. The predicted molar refractivity (Wildman–Crippen MR) is 194 cm³/mol. The third-order valence-corrected chi connectivity index (χ3v) is 6.62. The summed E-state index contributed by atoms with van der Waals surface area (Å²) in [6.45, 7) is 8.27. The Labute approximate surface area is 285 Å². The average Bonchev–Trinajstić information content (AvgIpc) is 3.67. The van der Waals surface area contributed by atoms with E-state index < -0.39 is 12.5 Å². The third-order valence-electron chi connectivity index (χ3n) is 6.62. The highest BCUT2D eigenvalue weighted by atomic mass is 19.3. The van der Waals surface area contributed by atoms with Crippen LogP contribution < -0.4 is 5.32 Å². The fourth-order valence-corrected chi connectivity index (χ4v) is 4.35. The van der Waals surface area contributed by atoms with Gasteiger partial charge in [-0.15, -0.1) is 38.5 Å². The van der Waals surface area contributed by atoms with E-state index in [2.05, 4.69) is 50.4 Å². The number of alkyl halides is 2. The number of amides is 1. The van der Waals surface area contributed by atoms with Crippen LogP contribution in [0.5, 0.6) is 0 Å².